The van der Waals surface area contributed by atoms with Gasteiger partial charge in [0.15, 0.2) is 0 Å². The van der Waals surface area contributed by atoms with Gasteiger partial charge in [0.05, 0.1) is 10.6 Å². The van der Waals surface area contributed by atoms with Gasteiger partial charge in [-0.1, -0.05) is 12.1 Å². The Morgan fingerprint density at radius 2 is 2.23 bits per heavy atom. The largest absolute Gasteiger partial charge is 0.388 e. The Bertz CT molecular complexity index is 293. The standard InChI is InChI=1S/C9H11BrFNO/c10-9-6(8(13)4-5-12)2-1-3-7(9)11/h1-3,8,13H,4-5,12H2/t8-/m0/s1. The van der Waals surface area contributed by atoms with Gasteiger partial charge >= 0.3 is 0 Å². The van der Waals surface area contributed by atoms with Crippen molar-refractivity contribution in [3.63, 3.8) is 0 Å². The van der Waals surface area contributed by atoms with E-state index in [1.165, 1.54) is 6.07 Å². The van der Waals surface area contributed by atoms with Gasteiger partial charge in [-0.2, -0.15) is 0 Å². The Labute approximate surface area is 84.7 Å². The summed E-state index contributed by atoms with van der Waals surface area (Å²) in [6, 6.07) is 4.57. The Kier molecular flexibility index (Phi) is 3.84. The molecule has 0 saturated heterocycles. The van der Waals surface area contributed by atoms with Gasteiger partial charge in [-0.3, -0.25) is 0 Å². The minimum Gasteiger partial charge on any atom is -0.388 e. The molecule has 0 aromatic heterocycles. The van der Waals surface area contributed by atoms with E-state index in [4.69, 9.17) is 5.73 Å². The van der Waals surface area contributed by atoms with Crippen LogP contribution < -0.4 is 5.73 Å². The summed E-state index contributed by atoms with van der Waals surface area (Å²) in [6.07, 6.45) is -0.266. The second-order valence-electron chi connectivity index (χ2n) is 2.74. The highest BCUT2D eigenvalue weighted by molar-refractivity contribution is 9.10. The van der Waals surface area contributed by atoms with Gasteiger partial charge in [-0.25, -0.2) is 4.39 Å². The Morgan fingerprint density at radius 1 is 1.54 bits per heavy atom. The third-order valence-corrected chi connectivity index (χ3v) is 2.62. The molecule has 2 nitrogen and oxygen atoms in total. The molecular formula is C9H11BrFNO. The fraction of sp³-hybridized carbons (Fsp3) is 0.333. The molecule has 0 saturated carbocycles. The maximum atomic E-state index is 13.0. The monoisotopic (exact) mass is 247 g/mol. The summed E-state index contributed by atoms with van der Waals surface area (Å²) in [6.45, 7) is 0.379. The van der Waals surface area contributed by atoms with Crippen molar-refractivity contribution in [2.24, 2.45) is 5.73 Å². The van der Waals surface area contributed by atoms with Gasteiger partial charge in [-0.15, -0.1) is 0 Å². The maximum absolute atomic E-state index is 13.0. The number of hydrogen-bond acceptors (Lipinski definition) is 2. The van der Waals surface area contributed by atoms with E-state index in [9.17, 15) is 9.50 Å². The van der Waals surface area contributed by atoms with Crippen molar-refractivity contribution in [3.8, 4) is 0 Å². The Hall–Kier alpha value is -0.450. The predicted octanol–water partition coefficient (Wildman–Crippen LogP) is 1.97. The van der Waals surface area contributed by atoms with Crippen molar-refractivity contribution in [1.29, 1.82) is 0 Å². The topological polar surface area (TPSA) is 46.2 Å². The van der Waals surface area contributed by atoms with E-state index in [0.717, 1.165) is 0 Å². The fourth-order valence-corrected chi connectivity index (χ4v) is 1.62. The van der Waals surface area contributed by atoms with Crippen molar-refractivity contribution >= 4 is 15.9 Å². The number of aliphatic hydroxyl groups is 1. The van der Waals surface area contributed by atoms with Crippen molar-refractivity contribution in [2.75, 3.05) is 6.54 Å². The first-order valence-electron chi connectivity index (χ1n) is 3.99. The summed E-state index contributed by atoms with van der Waals surface area (Å²) in [5, 5.41) is 9.55. The number of benzene rings is 1. The highest BCUT2D eigenvalue weighted by Crippen LogP contribution is 2.27. The second kappa shape index (κ2) is 4.69. The van der Waals surface area contributed by atoms with E-state index >= 15 is 0 Å². The van der Waals surface area contributed by atoms with Crippen LogP contribution >= 0.6 is 15.9 Å². The van der Waals surface area contributed by atoms with Crippen LogP contribution in [0.4, 0.5) is 4.39 Å². The molecule has 0 aliphatic carbocycles. The van der Waals surface area contributed by atoms with Crippen molar-refractivity contribution in [3.05, 3.63) is 34.1 Å². The lowest BCUT2D eigenvalue weighted by Gasteiger charge is -2.11. The molecule has 0 aliphatic heterocycles. The first kappa shape index (κ1) is 10.6. The Balaban J connectivity index is 2.93. The molecule has 0 heterocycles. The maximum Gasteiger partial charge on any atom is 0.137 e. The minimum atomic E-state index is -0.699. The summed E-state index contributed by atoms with van der Waals surface area (Å²) in [5.74, 6) is -0.367. The van der Waals surface area contributed by atoms with Crippen LogP contribution in [0.3, 0.4) is 0 Å². The SMILES string of the molecule is NCC[C@H](O)c1cccc(F)c1Br. The molecule has 1 aromatic rings. The molecule has 3 N–H and O–H groups in total. The van der Waals surface area contributed by atoms with Crippen LogP contribution in [0.1, 0.15) is 18.1 Å². The molecule has 0 radical (unpaired) electrons. The molecule has 1 rings (SSSR count). The summed E-state index contributed by atoms with van der Waals surface area (Å²) < 4.78 is 13.3. The second-order valence-corrected chi connectivity index (χ2v) is 3.53. The van der Waals surface area contributed by atoms with E-state index < -0.39 is 6.10 Å². The number of aliphatic hydroxyl groups excluding tert-OH is 1. The first-order valence-corrected chi connectivity index (χ1v) is 4.78. The van der Waals surface area contributed by atoms with Crippen LogP contribution in [0.25, 0.3) is 0 Å². The fourth-order valence-electron chi connectivity index (χ4n) is 1.09. The lowest BCUT2D eigenvalue weighted by atomic mass is 10.1. The normalized spacial score (nSPS) is 12.9. The van der Waals surface area contributed by atoms with Crippen molar-refractivity contribution in [2.45, 2.75) is 12.5 Å². The summed E-state index contributed by atoms with van der Waals surface area (Å²) >= 11 is 3.07. The van der Waals surface area contributed by atoms with Gasteiger partial charge in [-0.05, 0) is 40.5 Å². The molecule has 1 aromatic carbocycles. The average molecular weight is 248 g/mol. The van der Waals surface area contributed by atoms with Crippen molar-refractivity contribution < 1.29 is 9.50 Å². The van der Waals surface area contributed by atoms with Crippen LogP contribution in [-0.2, 0) is 0 Å². The zero-order chi connectivity index (χ0) is 9.84. The van der Waals surface area contributed by atoms with E-state index in [0.29, 0.717) is 23.0 Å². The van der Waals surface area contributed by atoms with E-state index in [2.05, 4.69) is 15.9 Å². The smallest absolute Gasteiger partial charge is 0.137 e. The number of hydrogen-bond donors (Lipinski definition) is 2. The van der Waals surface area contributed by atoms with E-state index in [1.54, 1.807) is 12.1 Å². The van der Waals surface area contributed by atoms with E-state index in [-0.39, 0.29) is 5.82 Å². The summed E-state index contributed by atoms with van der Waals surface area (Å²) in [5.41, 5.74) is 5.83. The minimum absolute atomic E-state index is 0.316. The molecule has 13 heavy (non-hydrogen) atoms. The summed E-state index contributed by atoms with van der Waals surface area (Å²) in [4.78, 5) is 0. The molecule has 72 valence electrons. The zero-order valence-corrected chi connectivity index (χ0v) is 8.59. The van der Waals surface area contributed by atoms with Crippen LogP contribution in [0.15, 0.2) is 22.7 Å². The van der Waals surface area contributed by atoms with Crippen LogP contribution in [-0.4, -0.2) is 11.7 Å². The molecular weight excluding hydrogens is 237 g/mol. The molecule has 4 heteroatoms. The number of halogens is 2. The zero-order valence-electron chi connectivity index (χ0n) is 7.00. The van der Waals surface area contributed by atoms with Crippen LogP contribution in [0, 0.1) is 5.82 Å². The summed E-state index contributed by atoms with van der Waals surface area (Å²) in [7, 11) is 0. The number of nitrogens with two attached hydrogens (primary N) is 1. The molecule has 0 fully saturated rings. The Morgan fingerprint density at radius 3 is 2.85 bits per heavy atom. The molecule has 0 unspecified atom stereocenters. The first-order chi connectivity index (χ1) is 6.16. The average Bonchev–Trinajstić information content (AvgIpc) is 2.10. The van der Waals surface area contributed by atoms with Gasteiger partial charge < -0.3 is 10.8 Å². The molecule has 0 spiro atoms. The third-order valence-electron chi connectivity index (χ3n) is 1.78. The van der Waals surface area contributed by atoms with Gasteiger partial charge in [0.2, 0.25) is 0 Å². The molecule has 1 atom stereocenters. The number of rotatable bonds is 3. The molecule has 0 bridgehead atoms. The van der Waals surface area contributed by atoms with Crippen LogP contribution in [0.2, 0.25) is 0 Å². The van der Waals surface area contributed by atoms with Crippen LogP contribution in [0.5, 0.6) is 0 Å². The molecule has 0 aliphatic rings. The molecule has 0 amide bonds. The van der Waals surface area contributed by atoms with Gasteiger partial charge in [0.1, 0.15) is 5.82 Å². The van der Waals surface area contributed by atoms with Gasteiger partial charge in [0, 0.05) is 0 Å². The van der Waals surface area contributed by atoms with Gasteiger partial charge in [0.25, 0.3) is 0 Å². The highest BCUT2D eigenvalue weighted by Gasteiger charge is 2.12. The predicted molar refractivity (Wildman–Crippen MR) is 52.7 cm³/mol. The third kappa shape index (κ3) is 2.49. The van der Waals surface area contributed by atoms with Crippen molar-refractivity contribution in [1.82, 2.24) is 0 Å². The van der Waals surface area contributed by atoms with E-state index in [1.807, 2.05) is 0 Å². The quantitative estimate of drug-likeness (QED) is 0.858. The lowest BCUT2D eigenvalue weighted by molar-refractivity contribution is 0.169. The highest BCUT2D eigenvalue weighted by atomic mass is 79.9. The lowest BCUT2D eigenvalue weighted by Crippen LogP contribution is -2.07.